The summed E-state index contributed by atoms with van der Waals surface area (Å²) in [5.41, 5.74) is 0.810. The van der Waals surface area contributed by atoms with Crippen LogP contribution in [0.25, 0.3) is 0 Å². The summed E-state index contributed by atoms with van der Waals surface area (Å²) < 4.78 is 39.1. The fraction of sp³-hybridized carbons (Fsp3) is 0.188. The molecule has 0 heterocycles. The Hall–Kier alpha value is -1.93. The first-order valence-electron chi connectivity index (χ1n) is 7.07. The Morgan fingerprint density at radius 1 is 1.21 bits per heavy atom. The number of benzene rings is 2. The second kappa shape index (κ2) is 7.31. The number of rotatable bonds is 5. The van der Waals surface area contributed by atoms with Crippen molar-refractivity contribution in [3.05, 3.63) is 58.3 Å². The quantitative estimate of drug-likeness (QED) is 0.811. The Kier molecular flexibility index (Phi) is 5.61. The van der Waals surface area contributed by atoms with Gasteiger partial charge in [0.05, 0.1) is 17.1 Å². The molecule has 0 aliphatic rings. The number of carbonyl (C=O) groups excluding carboxylic acids is 1. The number of hydrogen-bond acceptors (Lipinski definition) is 3. The summed E-state index contributed by atoms with van der Waals surface area (Å²) in [5.74, 6) is -1.05. The third kappa shape index (κ3) is 4.12. The summed E-state index contributed by atoms with van der Waals surface area (Å²) >= 11 is 3.14. The number of nitrogens with one attached hydrogen (secondary N) is 1. The van der Waals surface area contributed by atoms with Gasteiger partial charge in [-0.25, -0.2) is 12.8 Å². The normalized spacial score (nSPS) is 11.2. The van der Waals surface area contributed by atoms with Crippen molar-refractivity contribution in [3.63, 3.8) is 0 Å². The van der Waals surface area contributed by atoms with E-state index in [9.17, 15) is 17.6 Å². The van der Waals surface area contributed by atoms with E-state index >= 15 is 0 Å². The second-order valence-corrected chi connectivity index (χ2v) is 8.20. The first-order chi connectivity index (χ1) is 11.2. The average Bonchev–Trinajstić information content (AvgIpc) is 2.56. The molecule has 0 aliphatic heterocycles. The molecular formula is C16H16BrFN2O3S. The summed E-state index contributed by atoms with van der Waals surface area (Å²) in [7, 11) is -1.91. The fourth-order valence-electron chi connectivity index (χ4n) is 1.96. The molecule has 8 heteroatoms. The van der Waals surface area contributed by atoms with E-state index < -0.39 is 21.7 Å². The molecule has 0 aromatic heterocycles. The van der Waals surface area contributed by atoms with Gasteiger partial charge < -0.3 is 5.32 Å². The average molecular weight is 415 g/mol. The fourth-order valence-corrected chi connectivity index (χ4v) is 3.13. The van der Waals surface area contributed by atoms with Gasteiger partial charge in [0.15, 0.2) is 0 Å². The molecule has 24 heavy (non-hydrogen) atoms. The van der Waals surface area contributed by atoms with Crippen LogP contribution in [0.1, 0.15) is 17.3 Å². The molecular weight excluding hydrogens is 399 g/mol. The molecule has 1 N–H and O–H groups in total. The predicted molar refractivity (Wildman–Crippen MR) is 96.4 cm³/mol. The zero-order valence-corrected chi connectivity index (χ0v) is 15.5. The van der Waals surface area contributed by atoms with Crippen molar-refractivity contribution in [1.29, 1.82) is 0 Å². The van der Waals surface area contributed by atoms with Gasteiger partial charge in [-0.1, -0.05) is 15.9 Å². The molecule has 128 valence electrons. The molecule has 1 amide bonds. The summed E-state index contributed by atoms with van der Waals surface area (Å²) in [6.45, 7) is 1.56. The molecule has 0 unspecified atom stereocenters. The zero-order chi connectivity index (χ0) is 17.9. The minimum Gasteiger partial charge on any atom is -0.319 e. The molecule has 0 fully saturated rings. The van der Waals surface area contributed by atoms with Gasteiger partial charge in [0.1, 0.15) is 5.82 Å². The van der Waals surface area contributed by atoms with E-state index in [1.807, 2.05) is 0 Å². The largest absolute Gasteiger partial charge is 0.319 e. The maximum atomic E-state index is 13.7. The standard InChI is InChI=1S/C16H16BrFN2O3S/c1-3-24(22,23)20(2)13-7-4-11(5-8-13)16(21)19-15-9-6-12(17)10-14(15)18/h4-10H,3H2,1-2H3,(H,19,21). The molecule has 2 aromatic carbocycles. The van der Waals surface area contributed by atoms with Gasteiger partial charge in [-0.05, 0) is 49.4 Å². The third-order valence-electron chi connectivity index (χ3n) is 3.45. The maximum absolute atomic E-state index is 13.7. The molecule has 0 aliphatic carbocycles. The van der Waals surface area contributed by atoms with Crippen molar-refractivity contribution in [1.82, 2.24) is 0 Å². The number of anilines is 2. The van der Waals surface area contributed by atoms with E-state index in [0.717, 1.165) is 4.31 Å². The van der Waals surface area contributed by atoms with Crippen molar-refractivity contribution in [2.24, 2.45) is 0 Å². The van der Waals surface area contributed by atoms with Gasteiger partial charge in [-0.3, -0.25) is 9.10 Å². The molecule has 2 rings (SSSR count). The summed E-state index contributed by atoms with van der Waals surface area (Å²) in [5, 5.41) is 2.48. The van der Waals surface area contributed by atoms with E-state index in [-0.39, 0.29) is 11.4 Å². The summed E-state index contributed by atoms with van der Waals surface area (Å²) in [6.07, 6.45) is 0. The van der Waals surface area contributed by atoms with Crippen LogP contribution in [-0.2, 0) is 10.0 Å². The van der Waals surface area contributed by atoms with Crippen LogP contribution in [0.15, 0.2) is 46.9 Å². The van der Waals surface area contributed by atoms with E-state index in [0.29, 0.717) is 15.7 Å². The Morgan fingerprint density at radius 3 is 2.38 bits per heavy atom. The Bertz CT molecular complexity index is 854. The van der Waals surface area contributed by atoms with Crippen molar-refractivity contribution in [2.75, 3.05) is 22.4 Å². The van der Waals surface area contributed by atoms with Gasteiger partial charge >= 0.3 is 0 Å². The molecule has 0 bridgehead atoms. The Labute approximate surface area is 148 Å². The molecule has 0 saturated heterocycles. The summed E-state index contributed by atoms with van der Waals surface area (Å²) in [6, 6.07) is 10.4. The predicted octanol–water partition coefficient (Wildman–Crippen LogP) is 3.63. The van der Waals surface area contributed by atoms with Crippen molar-refractivity contribution in [2.45, 2.75) is 6.92 Å². The number of carbonyl (C=O) groups is 1. The number of halogens is 2. The highest BCUT2D eigenvalue weighted by Crippen LogP contribution is 2.21. The van der Waals surface area contributed by atoms with E-state index in [1.54, 1.807) is 13.0 Å². The number of sulfonamides is 1. The minimum atomic E-state index is -3.36. The van der Waals surface area contributed by atoms with Crippen LogP contribution in [0.4, 0.5) is 15.8 Å². The first kappa shape index (κ1) is 18.4. The van der Waals surface area contributed by atoms with E-state index in [4.69, 9.17) is 0 Å². The molecule has 0 radical (unpaired) electrons. The lowest BCUT2D eigenvalue weighted by Crippen LogP contribution is -2.28. The molecule has 0 spiro atoms. The second-order valence-electron chi connectivity index (χ2n) is 4.99. The van der Waals surface area contributed by atoms with Crippen LogP contribution < -0.4 is 9.62 Å². The smallest absolute Gasteiger partial charge is 0.255 e. The lowest BCUT2D eigenvalue weighted by atomic mass is 10.2. The Morgan fingerprint density at radius 2 is 1.83 bits per heavy atom. The molecule has 0 saturated carbocycles. The van der Waals surface area contributed by atoms with Gasteiger partial charge in [-0.15, -0.1) is 0 Å². The SMILES string of the molecule is CCS(=O)(=O)N(C)c1ccc(C(=O)Nc2ccc(Br)cc2F)cc1. The van der Waals surface area contributed by atoms with Gasteiger partial charge in [-0.2, -0.15) is 0 Å². The van der Waals surface area contributed by atoms with Crippen LogP contribution in [0.3, 0.4) is 0 Å². The van der Waals surface area contributed by atoms with Crippen LogP contribution >= 0.6 is 15.9 Å². The third-order valence-corrected chi connectivity index (χ3v) is 5.72. The maximum Gasteiger partial charge on any atom is 0.255 e. The zero-order valence-electron chi connectivity index (χ0n) is 13.1. The van der Waals surface area contributed by atoms with E-state index in [2.05, 4.69) is 21.2 Å². The minimum absolute atomic E-state index is 0.0193. The number of hydrogen-bond donors (Lipinski definition) is 1. The van der Waals surface area contributed by atoms with Crippen molar-refractivity contribution < 1.29 is 17.6 Å². The Balaban J connectivity index is 2.17. The van der Waals surface area contributed by atoms with E-state index in [1.165, 1.54) is 43.4 Å². The van der Waals surface area contributed by atoms with Gasteiger partial charge in [0, 0.05) is 17.1 Å². The number of amides is 1. The topological polar surface area (TPSA) is 66.5 Å². The van der Waals surface area contributed by atoms with Crippen molar-refractivity contribution in [3.8, 4) is 0 Å². The first-order valence-corrected chi connectivity index (χ1v) is 9.48. The highest BCUT2D eigenvalue weighted by atomic mass is 79.9. The molecule has 0 atom stereocenters. The highest BCUT2D eigenvalue weighted by molar-refractivity contribution is 9.10. The number of nitrogens with zero attached hydrogens (tertiary/aromatic N) is 1. The van der Waals surface area contributed by atoms with Crippen LogP contribution in [0, 0.1) is 5.82 Å². The van der Waals surface area contributed by atoms with Crippen LogP contribution in [0.2, 0.25) is 0 Å². The monoisotopic (exact) mass is 414 g/mol. The summed E-state index contributed by atoms with van der Waals surface area (Å²) in [4.78, 5) is 12.2. The van der Waals surface area contributed by atoms with Crippen molar-refractivity contribution >= 4 is 43.2 Å². The molecule has 5 nitrogen and oxygen atoms in total. The lowest BCUT2D eigenvalue weighted by molar-refractivity contribution is 0.102. The van der Waals surface area contributed by atoms with Crippen LogP contribution in [0.5, 0.6) is 0 Å². The van der Waals surface area contributed by atoms with Gasteiger partial charge in [0.2, 0.25) is 10.0 Å². The highest BCUT2D eigenvalue weighted by Gasteiger charge is 2.16. The van der Waals surface area contributed by atoms with Gasteiger partial charge in [0.25, 0.3) is 5.91 Å². The molecule has 2 aromatic rings. The lowest BCUT2D eigenvalue weighted by Gasteiger charge is -2.18. The van der Waals surface area contributed by atoms with Crippen LogP contribution in [-0.4, -0.2) is 27.1 Å².